The van der Waals surface area contributed by atoms with Gasteiger partial charge in [-0.2, -0.15) is 0 Å². The summed E-state index contributed by atoms with van der Waals surface area (Å²) in [6, 6.07) is 6.10. The molecule has 0 spiro atoms. The van der Waals surface area contributed by atoms with Crippen LogP contribution in [0.3, 0.4) is 0 Å². The molecule has 1 fully saturated rings. The van der Waals surface area contributed by atoms with E-state index in [1.54, 1.807) is 36.7 Å². The lowest BCUT2D eigenvalue weighted by Gasteiger charge is -2.29. The minimum absolute atomic E-state index is 0.194. The molecule has 1 N–H and O–H groups in total. The largest absolute Gasteiger partial charge is 0.361 e. The second-order valence-corrected chi connectivity index (χ2v) is 9.14. The first-order valence-corrected chi connectivity index (χ1v) is 11.5. The Bertz CT molecular complexity index is 1370. The van der Waals surface area contributed by atoms with Gasteiger partial charge in [-0.1, -0.05) is 11.2 Å². The van der Waals surface area contributed by atoms with Crippen molar-refractivity contribution in [1.29, 1.82) is 0 Å². The average molecular weight is 475 g/mol. The second-order valence-electron chi connectivity index (χ2n) is 9.14. The molecule has 2 aromatic heterocycles. The van der Waals surface area contributed by atoms with E-state index in [1.165, 1.54) is 4.90 Å². The van der Waals surface area contributed by atoms with Crippen molar-refractivity contribution in [3.8, 4) is 11.3 Å². The molecular weight excluding hydrogens is 453 g/mol. The second kappa shape index (κ2) is 8.38. The number of imide groups is 1. The summed E-state index contributed by atoms with van der Waals surface area (Å²) in [6.45, 7) is 2.05. The van der Waals surface area contributed by atoms with E-state index in [9.17, 15) is 14.4 Å². The van der Waals surface area contributed by atoms with Crippen LogP contribution in [0.4, 0.5) is 4.39 Å². The zero-order chi connectivity index (χ0) is 24.1. The molecule has 0 saturated carbocycles. The van der Waals surface area contributed by atoms with E-state index in [1.807, 2.05) is 0 Å². The summed E-state index contributed by atoms with van der Waals surface area (Å²) in [6.07, 6.45) is 4.52. The van der Waals surface area contributed by atoms with Gasteiger partial charge in [0.2, 0.25) is 11.8 Å². The standard InChI is InChI=1S/C25H22FN5O4/c26-22-15(11-30-8-6-20-17(12-30)10-28-35-20)5-7-27-23(22)14-1-2-18-16(9-14)13-31(25(18)34)19-3-4-21(32)29-24(19)33/h1-2,5,7,9-10,19H,3-4,6,8,11-13H2,(H,29,32,33). The van der Waals surface area contributed by atoms with Gasteiger partial charge in [-0.05, 0) is 30.2 Å². The van der Waals surface area contributed by atoms with Gasteiger partial charge in [-0.3, -0.25) is 29.6 Å². The molecule has 1 aromatic carbocycles. The third-order valence-corrected chi connectivity index (χ3v) is 6.94. The van der Waals surface area contributed by atoms with Gasteiger partial charge in [0, 0.05) is 67.5 Å². The maximum atomic E-state index is 15.6. The molecule has 3 amide bonds. The number of carbonyl (C=O) groups excluding carboxylic acids is 3. The Morgan fingerprint density at radius 1 is 1.11 bits per heavy atom. The highest BCUT2D eigenvalue weighted by atomic mass is 19.1. The molecule has 5 heterocycles. The van der Waals surface area contributed by atoms with Crippen LogP contribution in [0.25, 0.3) is 11.3 Å². The van der Waals surface area contributed by atoms with Crippen LogP contribution < -0.4 is 5.32 Å². The highest BCUT2D eigenvalue weighted by Gasteiger charge is 2.39. The Labute approximate surface area is 199 Å². The van der Waals surface area contributed by atoms with Gasteiger partial charge in [0.1, 0.15) is 17.5 Å². The molecule has 1 unspecified atom stereocenters. The highest BCUT2D eigenvalue weighted by Crippen LogP contribution is 2.32. The van der Waals surface area contributed by atoms with Crippen molar-refractivity contribution in [2.24, 2.45) is 0 Å². The topological polar surface area (TPSA) is 109 Å². The first-order valence-electron chi connectivity index (χ1n) is 11.5. The molecular formula is C25H22FN5O4. The van der Waals surface area contributed by atoms with Crippen LogP contribution in [0.1, 0.15) is 45.7 Å². The van der Waals surface area contributed by atoms with E-state index < -0.39 is 17.8 Å². The molecule has 0 radical (unpaired) electrons. The predicted octanol–water partition coefficient (Wildman–Crippen LogP) is 2.20. The van der Waals surface area contributed by atoms with Crippen molar-refractivity contribution in [3.63, 3.8) is 0 Å². The van der Waals surface area contributed by atoms with Crippen molar-refractivity contribution in [2.75, 3.05) is 6.54 Å². The summed E-state index contributed by atoms with van der Waals surface area (Å²) in [5.41, 5.74) is 3.54. The molecule has 9 nitrogen and oxygen atoms in total. The van der Waals surface area contributed by atoms with E-state index in [2.05, 4.69) is 20.4 Å². The minimum atomic E-state index is -0.690. The van der Waals surface area contributed by atoms with Gasteiger partial charge in [0.05, 0.1) is 6.20 Å². The minimum Gasteiger partial charge on any atom is -0.361 e. The number of nitrogens with zero attached hydrogens (tertiary/aromatic N) is 4. The highest BCUT2D eigenvalue weighted by molar-refractivity contribution is 6.05. The van der Waals surface area contributed by atoms with Crippen molar-refractivity contribution >= 4 is 17.7 Å². The van der Waals surface area contributed by atoms with Gasteiger partial charge in [0.25, 0.3) is 5.91 Å². The summed E-state index contributed by atoms with van der Waals surface area (Å²) < 4.78 is 20.8. The smallest absolute Gasteiger partial charge is 0.255 e. The van der Waals surface area contributed by atoms with Crippen LogP contribution in [0, 0.1) is 5.82 Å². The summed E-state index contributed by atoms with van der Waals surface area (Å²) in [5.74, 6) is -0.558. The van der Waals surface area contributed by atoms with E-state index >= 15 is 4.39 Å². The lowest BCUT2D eigenvalue weighted by Crippen LogP contribution is -2.52. The Hall–Kier alpha value is -3.92. The van der Waals surface area contributed by atoms with Crippen LogP contribution in [0.15, 0.2) is 41.2 Å². The molecule has 1 saturated heterocycles. The fourth-order valence-corrected chi connectivity index (χ4v) is 5.10. The lowest BCUT2D eigenvalue weighted by atomic mass is 10.0. The van der Waals surface area contributed by atoms with E-state index in [4.69, 9.17) is 4.52 Å². The summed E-state index contributed by atoms with van der Waals surface area (Å²) in [5, 5.41) is 6.14. The van der Waals surface area contributed by atoms with Gasteiger partial charge < -0.3 is 9.42 Å². The van der Waals surface area contributed by atoms with Crippen LogP contribution in [0.2, 0.25) is 0 Å². The summed E-state index contributed by atoms with van der Waals surface area (Å²) >= 11 is 0. The Morgan fingerprint density at radius 3 is 2.86 bits per heavy atom. The van der Waals surface area contributed by atoms with E-state index in [0.29, 0.717) is 41.8 Å². The number of nitrogens with one attached hydrogen (secondary N) is 1. The van der Waals surface area contributed by atoms with Gasteiger partial charge in [0.15, 0.2) is 5.82 Å². The fraction of sp³-hybridized carbons (Fsp3) is 0.320. The number of piperidine rings is 1. The molecule has 3 aliphatic heterocycles. The molecule has 10 heteroatoms. The Morgan fingerprint density at radius 2 is 2.00 bits per heavy atom. The normalized spacial score (nSPS) is 20.1. The number of fused-ring (bicyclic) bond motifs is 2. The Balaban J connectivity index is 1.23. The number of hydrogen-bond acceptors (Lipinski definition) is 7. The molecule has 35 heavy (non-hydrogen) atoms. The number of rotatable bonds is 4. The first-order chi connectivity index (χ1) is 17.0. The quantitative estimate of drug-likeness (QED) is 0.576. The molecule has 6 rings (SSSR count). The third kappa shape index (κ3) is 3.79. The SMILES string of the molecule is O=C1CCC(N2Cc3cc(-c4nccc(CN5CCc6oncc6C5)c4F)ccc3C2=O)C(=O)N1. The molecule has 3 aromatic rings. The van der Waals surface area contributed by atoms with Gasteiger partial charge in [-0.15, -0.1) is 0 Å². The number of benzene rings is 1. The maximum Gasteiger partial charge on any atom is 0.255 e. The van der Waals surface area contributed by atoms with E-state index in [-0.39, 0.29) is 30.5 Å². The number of hydrogen-bond donors (Lipinski definition) is 1. The number of carbonyl (C=O) groups is 3. The zero-order valence-corrected chi connectivity index (χ0v) is 18.8. The number of pyridine rings is 1. The van der Waals surface area contributed by atoms with Crippen molar-refractivity contribution in [3.05, 3.63) is 70.5 Å². The Kier molecular flexibility index (Phi) is 5.18. The van der Waals surface area contributed by atoms with Crippen molar-refractivity contribution in [1.82, 2.24) is 25.3 Å². The number of halogens is 1. The lowest BCUT2D eigenvalue weighted by molar-refractivity contribution is -0.136. The molecule has 0 aliphatic carbocycles. The predicted molar refractivity (Wildman–Crippen MR) is 120 cm³/mol. The molecule has 1 atom stereocenters. The monoisotopic (exact) mass is 475 g/mol. The average Bonchev–Trinajstić information content (AvgIpc) is 3.44. The number of amides is 3. The molecule has 3 aliphatic rings. The van der Waals surface area contributed by atoms with E-state index in [0.717, 1.165) is 24.3 Å². The maximum absolute atomic E-state index is 15.6. The van der Waals surface area contributed by atoms with Crippen molar-refractivity contribution in [2.45, 2.75) is 44.9 Å². The molecule has 178 valence electrons. The zero-order valence-electron chi connectivity index (χ0n) is 18.8. The van der Waals surface area contributed by atoms with Crippen LogP contribution in [-0.2, 0) is 35.6 Å². The summed E-state index contributed by atoms with van der Waals surface area (Å²) in [7, 11) is 0. The van der Waals surface area contributed by atoms with Gasteiger partial charge >= 0.3 is 0 Å². The first kappa shape index (κ1) is 21.6. The van der Waals surface area contributed by atoms with Crippen LogP contribution in [0.5, 0.6) is 0 Å². The summed E-state index contributed by atoms with van der Waals surface area (Å²) in [4.78, 5) is 44.6. The van der Waals surface area contributed by atoms with Gasteiger partial charge in [-0.25, -0.2) is 4.39 Å². The number of aromatic nitrogens is 2. The van der Waals surface area contributed by atoms with Crippen molar-refractivity contribution < 1.29 is 23.3 Å². The fourth-order valence-electron chi connectivity index (χ4n) is 5.10. The third-order valence-electron chi connectivity index (χ3n) is 6.94. The van der Waals surface area contributed by atoms with Crippen LogP contribution in [-0.4, -0.2) is 50.2 Å². The van der Waals surface area contributed by atoms with Crippen LogP contribution >= 0.6 is 0 Å². The molecule has 0 bridgehead atoms.